The van der Waals surface area contributed by atoms with Crippen LogP contribution in [0.25, 0.3) is 0 Å². The van der Waals surface area contributed by atoms with Crippen LogP contribution >= 0.6 is 0 Å². The van der Waals surface area contributed by atoms with E-state index in [1.807, 2.05) is 18.7 Å². The highest BCUT2D eigenvalue weighted by Crippen LogP contribution is 2.29. The van der Waals surface area contributed by atoms with Gasteiger partial charge < -0.3 is 15.5 Å². The van der Waals surface area contributed by atoms with Crippen molar-refractivity contribution >= 4 is 11.9 Å². The summed E-state index contributed by atoms with van der Waals surface area (Å²) in [5, 5.41) is 6.40. The molecule has 0 saturated carbocycles. The van der Waals surface area contributed by atoms with E-state index >= 15 is 0 Å². The monoisotopic (exact) mass is 436 g/mol. The molecule has 1 heterocycles. The van der Waals surface area contributed by atoms with Crippen LogP contribution in [0.4, 0.5) is 13.2 Å². The number of aliphatic imine (C=N–C) groups is 1. The van der Waals surface area contributed by atoms with E-state index in [0.717, 1.165) is 50.9 Å². The van der Waals surface area contributed by atoms with Crippen LogP contribution in [0.1, 0.15) is 50.7 Å². The van der Waals surface area contributed by atoms with Crippen molar-refractivity contribution in [1.82, 2.24) is 15.5 Å². The van der Waals surface area contributed by atoms with Gasteiger partial charge in [0.1, 0.15) is 0 Å². The summed E-state index contributed by atoms with van der Waals surface area (Å²) in [6.07, 6.45) is -0.974. The molecule has 1 aromatic carbocycles. The quantitative estimate of drug-likeness (QED) is 0.421. The molecule has 5 nitrogen and oxygen atoms in total. The van der Waals surface area contributed by atoms with Gasteiger partial charge in [0, 0.05) is 37.7 Å². The molecule has 0 unspecified atom stereocenters. The summed E-state index contributed by atoms with van der Waals surface area (Å²) in [7, 11) is 1.65. The summed E-state index contributed by atoms with van der Waals surface area (Å²) in [5.41, 5.74) is -0.396. The number of carbonyl (C=O) groups is 1. The van der Waals surface area contributed by atoms with E-state index < -0.39 is 11.7 Å². The molecule has 8 heteroatoms. The number of benzene rings is 1. The first-order valence-electron chi connectivity index (χ1n) is 10.7. The molecule has 1 aromatic rings. The second kappa shape index (κ2) is 11.6. The first kappa shape index (κ1) is 24.6. The Balaban J connectivity index is 1.81. The molecule has 1 aliphatic heterocycles. The number of rotatable bonds is 5. The van der Waals surface area contributed by atoms with Crippen molar-refractivity contribution in [1.29, 1.82) is 0 Å². The predicted octanol–water partition coefficient (Wildman–Crippen LogP) is 3.65. The summed E-state index contributed by atoms with van der Waals surface area (Å²) in [6, 6.07) is 5.16. The molecule has 1 fully saturated rings. The molecule has 2 rings (SSSR count). The number of amides is 1. The topological polar surface area (TPSA) is 56.7 Å². The number of nitrogens with zero attached hydrogens (tertiary/aromatic N) is 2. The maximum atomic E-state index is 12.8. The molecule has 1 aliphatic rings. The minimum Gasteiger partial charge on any atom is -0.354 e. The summed E-state index contributed by atoms with van der Waals surface area (Å²) in [4.78, 5) is 18.6. The zero-order valence-corrected chi connectivity index (χ0v) is 18.4. The average molecular weight is 437 g/mol. The van der Waals surface area contributed by atoms with E-state index in [2.05, 4.69) is 27.5 Å². The molecule has 0 atom stereocenters. The highest BCUT2D eigenvalue weighted by Gasteiger charge is 2.30. The van der Waals surface area contributed by atoms with E-state index in [0.29, 0.717) is 11.5 Å². The Morgan fingerprint density at radius 3 is 2.52 bits per heavy atom. The zero-order chi connectivity index (χ0) is 22.9. The van der Waals surface area contributed by atoms with Crippen molar-refractivity contribution in [3.8, 4) is 11.8 Å². The fourth-order valence-electron chi connectivity index (χ4n) is 3.58. The van der Waals surface area contributed by atoms with Gasteiger partial charge in [-0.2, -0.15) is 13.2 Å². The minimum absolute atomic E-state index is 0.106. The van der Waals surface area contributed by atoms with Gasteiger partial charge in [0.25, 0.3) is 0 Å². The standard InChI is InChI=1S/C23H31F3N4O/c1-4-18(5-2)21(31)30-14-11-20(12-15-30)29-22(27-3)28-13-7-9-17-8-6-10-19(16-17)23(24,25)26/h6,8,10,16,18,20H,4-5,11-15H2,1-3H3,(H2,27,28,29). The number of hydrogen-bond acceptors (Lipinski definition) is 2. The molecule has 0 bridgehead atoms. The fraction of sp³-hybridized carbons (Fsp3) is 0.565. The lowest BCUT2D eigenvalue weighted by Gasteiger charge is -2.34. The third kappa shape index (κ3) is 7.50. The molecular weight excluding hydrogens is 405 g/mol. The van der Waals surface area contributed by atoms with Crippen LogP contribution in [-0.2, 0) is 11.0 Å². The molecule has 0 aromatic heterocycles. The van der Waals surface area contributed by atoms with Gasteiger partial charge in [-0.1, -0.05) is 31.8 Å². The summed E-state index contributed by atoms with van der Waals surface area (Å²) < 4.78 is 38.3. The second-order valence-corrected chi connectivity index (χ2v) is 7.56. The largest absolute Gasteiger partial charge is 0.416 e. The van der Waals surface area contributed by atoms with Crippen molar-refractivity contribution in [2.45, 2.75) is 51.7 Å². The van der Waals surface area contributed by atoms with Crippen molar-refractivity contribution in [2.75, 3.05) is 26.7 Å². The molecule has 31 heavy (non-hydrogen) atoms. The number of carbonyl (C=O) groups excluding carboxylic acids is 1. The summed E-state index contributed by atoms with van der Waals surface area (Å²) in [6.45, 7) is 5.79. The van der Waals surface area contributed by atoms with E-state index in [9.17, 15) is 18.0 Å². The Bertz CT molecular complexity index is 814. The molecule has 1 amide bonds. The van der Waals surface area contributed by atoms with Gasteiger partial charge in [0.05, 0.1) is 12.1 Å². The summed E-state index contributed by atoms with van der Waals surface area (Å²) in [5.74, 6) is 6.51. The molecule has 170 valence electrons. The van der Waals surface area contributed by atoms with Crippen LogP contribution in [0.2, 0.25) is 0 Å². The number of likely N-dealkylation sites (tertiary alicyclic amines) is 1. The average Bonchev–Trinajstić information content (AvgIpc) is 2.76. The van der Waals surface area contributed by atoms with Gasteiger partial charge in [-0.05, 0) is 43.9 Å². The maximum Gasteiger partial charge on any atom is 0.416 e. The van der Waals surface area contributed by atoms with Gasteiger partial charge in [0.15, 0.2) is 5.96 Å². The van der Waals surface area contributed by atoms with E-state index in [-0.39, 0.29) is 24.4 Å². The third-order valence-corrected chi connectivity index (χ3v) is 5.47. The Kier molecular flexibility index (Phi) is 9.22. The number of nitrogens with one attached hydrogen (secondary N) is 2. The first-order chi connectivity index (χ1) is 14.8. The van der Waals surface area contributed by atoms with Crippen molar-refractivity contribution < 1.29 is 18.0 Å². The molecule has 0 aliphatic carbocycles. The molecular formula is C23H31F3N4O. The second-order valence-electron chi connectivity index (χ2n) is 7.56. The van der Waals surface area contributed by atoms with Gasteiger partial charge in [0.2, 0.25) is 5.91 Å². The highest BCUT2D eigenvalue weighted by molar-refractivity contribution is 5.80. The Morgan fingerprint density at radius 1 is 1.26 bits per heavy atom. The minimum atomic E-state index is -4.38. The van der Waals surface area contributed by atoms with Crippen molar-refractivity contribution in [2.24, 2.45) is 10.9 Å². The molecule has 1 saturated heterocycles. The smallest absolute Gasteiger partial charge is 0.354 e. The van der Waals surface area contributed by atoms with E-state index in [4.69, 9.17) is 0 Å². The third-order valence-electron chi connectivity index (χ3n) is 5.47. The number of guanidine groups is 1. The first-order valence-corrected chi connectivity index (χ1v) is 10.7. The van der Waals surface area contributed by atoms with Crippen LogP contribution < -0.4 is 10.6 Å². The van der Waals surface area contributed by atoms with Gasteiger partial charge in [-0.15, -0.1) is 0 Å². The lowest BCUT2D eigenvalue weighted by molar-refractivity contribution is -0.138. The number of piperidine rings is 1. The Hall–Kier alpha value is -2.69. The van der Waals surface area contributed by atoms with Gasteiger partial charge >= 0.3 is 6.18 Å². The van der Waals surface area contributed by atoms with Crippen LogP contribution in [0.15, 0.2) is 29.3 Å². The lowest BCUT2D eigenvalue weighted by atomic mass is 9.98. The number of hydrogen-bond donors (Lipinski definition) is 2. The fourth-order valence-corrected chi connectivity index (χ4v) is 3.58. The summed E-state index contributed by atoms with van der Waals surface area (Å²) >= 11 is 0. The molecule has 0 radical (unpaired) electrons. The lowest BCUT2D eigenvalue weighted by Crippen LogP contribution is -2.50. The van der Waals surface area contributed by atoms with Crippen LogP contribution in [0, 0.1) is 17.8 Å². The maximum absolute atomic E-state index is 12.8. The Labute approximate surface area is 182 Å². The van der Waals surface area contributed by atoms with E-state index in [1.165, 1.54) is 6.07 Å². The van der Waals surface area contributed by atoms with Crippen molar-refractivity contribution in [3.63, 3.8) is 0 Å². The molecule has 0 spiro atoms. The predicted molar refractivity (Wildman–Crippen MR) is 116 cm³/mol. The Morgan fingerprint density at radius 2 is 1.94 bits per heavy atom. The normalized spacial score (nSPS) is 15.5. The molecule has 2 N–H and O–H groups in total. The highest BCUT2D eigenvalue weighted by atomic mass is 19.4. The van der Waals surface area contributed by atoms with Crippen LogP contribution in [0.5, 0.6) is 0 Å². The van der Waals surface area contributed by atoms with E-state index in [1.54, 1.807) is 13.1 Å². The van der Waals surface area contributed by atoms with Crippen LogP contribution in [-0.4, -0.2) is 49.5 Å². The zero-order valence-electron chi connectivity index (χ0n) is 18.4. The van der Waals surface area contributed by atoms with Gasteiger partial charge in [-0.3, -0.25) is 9.79 Å². The number of halogens is 3. The van der Waals surface area contributed by atoms with Crippen LogP contribution in [0.3, 0.4) is 0 Å². The van der Waals surface area contributed by atoms with Gasteiger partial charge in [-0.25, -0.2) is 0 Å². The SMILES string of the molecule is CCC(CC)C(=O)N1CCC(NC(=NC)NCC#Cc2cccc(C(F)(F)F)c2)CC1. The van der Waals surface area contributed by atoms with Crippen molar-refractivity contribution in [3.05, 3.63) is 35.4 Å². The number of alkyl halides is 3.